The first kappa shape index (κ1) is 8.02. The highest BCUT2D eigenvalue weighted by Gasteiger charge is 2.04. The highest BCUT2D eigenvalue weighted by Crippen LogP contribution is 2.26. The van der Waals surface area contributed by atoms with Crippen LogP contribution in [-0.4, -0.2) is 4.98 Å². The third-order valence-electron chi connectivity index (χ3n) is 1.22. The summed E-state index contributed by atoms with van der Waals surface area (Å²) >= 11 is 9.19. The van der Waals surface area contributed by atoms with Crippen LogP contribution >= 0.6 is 27.5 Å². The molecular weight excluding hydrogens is 213 g/mol. The van der Waals surface area contributed by atoms with Gasteiger partial charge in [-0.05, 0) is 13.0 Å². The molecule has 1 heterocycles. The summed E-state index contributed by atoms with van der Waals surface area (Å²) in [6.45, 7) is 2.02. The summed E-state index contributed by atoms with van der Waals surface area (Å²) in [5.41, 5.74) is 1.03. The van der Waals surface area contributed by atoms with Gasteiger partial charge in [0.05, 0.1) is 0 Å². The standard InChI is InChI=1S/C7H7BrClN/c1-5(8)6-3-2-4-10-7(6)9/h2-5H,1H3/t5-/m1/s1. The van der Waals surface area contributed by atoms with Crippen LogP contribution in [0.1, 0.15) is 17.3 Å². The Morgan fingerprint density at radius 3 is 2.80 bits per heavy atom. The first-order chi connectivity index (χ1) is 4.72. The largest absolute Gasteiger partial charge is 0.244 e. The summed E-state index contributed by atoms with van der Waals surface area (Å²) in [5.74, 6) is 0. The van der Waals surface area contributed by atoms with Crippen molar-refractivity contribution in [1.82, 2.24) is 4.98 Å². The van der Waals surface area contributed by atoms with Crippen LogP contribution in [0.5, 0.6) is 0 Å². The molecule has 0 radical (unpaired) electrons. The molecule has 10 heavy (non-hydrogen) atoms. The Balaban J connectivity index is 3.03. The third-order valence-corrected chi connectivity index (χ3v) is 2.03. The monoisotopic (exact) mass is 219 g/mol. The second-order valence-corrected chi connectivity index (χ2v) is 3.73. The maximum Gasteiger partial charge on any atom is 0.133 e. The van der Waals surface area contributed by atoms with Gasteiger partial charge in [-0.15, -0.1) is 0 Å². The Labute approximate surface area is 73.6 Å². The lowest BCUT2D eigenvalue weighted by Crippen LogP contribution is -1.86. The van der Waals surface area contributed by atoms with E-state index in [0.717, 1.165) is 5.56 Å². The lowest BCUT2D eigenvalue weighted by molar-refractivity contribution is 1.09. The van der Waals surface area contributed by atoms with E-state index < -0.39 is 0 Å². The van der Waals surface area contributed by atoms with Gasteiger partial charge >= 0.3 is 0 Å². The molecule has 0 aliphatic heterocycles. The molecule has 0 unspecified atom stereocenters. The Hall–Kier alpha value is -0.0800. The third kappa shape index (κ3) is 1.70. The van der Waals surface area contributed by atoms with E-state index >= 15 is 0 Å². The van der Waals surface area contributed by atoms with Gasteiger partial charge in [0.1, 0.15) is 5.15 Å². The van der Waals surface area contributed by atoms with Crippen LogP contribution in [0.2, 0.25) is 5.15 Å². The van der Waals surface area contributed by atoms with Crippen molar-refractivity contribution >= 4 is 27.5 Å². The van der Waals surface area contributed by atoms with Gasteiger partial charge in [-0.2, -0.15) is 0 Å². The van der Waals surface area contributed by atoms with Crippen LogP contribution in [0, 0.1) is 0 Å². The van der Waals surface area contributed by atoms with E-state index in [1.54, 1.807) is 6.20 Å². The number of pyridine rings is 1. The van der Waals surface area contributed by atoms with Crippen LogP contribution in [0.3, 0.4) is 0 Å². The number of halogens is 2. The number of hydrogen-bond donors (Lipinski definition) is 0. The Bertz CT molecular complexity index is 225. The zero-order chi connectivity index (χ0) is 7.56. The zero-order valence-electron chi connectivity index (χ0n) is 5.51. The number of rotatable bonds is 1. The van der Waals surface area contributed by atoms with Gasteiger partial charge in [-0.3, -0.25) is 0 Å². The Kier molecular flexibility index (Phi) is 2.69. The average molecular weight is 220 g/mol. The Morgan fingerprint density at radius 1 is 1.70 bits per heavy atom. The first-order valence-electron chi connectivity index (χ1n) is 2.96. The van der Waals surface area contributed by atoms with Crippen molar-refractivity contribution in [3.63, 3.8) is 0 Å². The maximum absolute atomic E-state index is 5.78. The number of alkyl halides is 1. The molecule has 0 aliphatic carbocycles. The lowest BCUT2D eigenvalue weighted by atomic mass is 10.2. The summed E-state index contributed by atoms with van der Waals surface area (Å²) in [5, 5.41) is 0.576. The highest BCUT2D eigenvalue weighted by atomic mass is 79.9. The van der Waals surface area contributed by atoms with E-state index in [-0.39, 0.29) is 4.83 Å². The van der Waals surface area contributed by atoms with Gasteiger partial charge in [0.2, 0.25) is 0 Å². The molecule has 1 rings (SSSR count). The van der Waals surface area contributed by atoms with Gasteiger partial charge in [-0.1, -0.05) is 33.6 Å². The summed E-state index contributed by atoms with van der Waals surface area (Å²) in [6.07, 6.45) is 1.68. The fourth-order valence-electron chi connectivity index (χ4n) is 0.695. The molecule has 0 fully saturated rings. The van der Waals surface area contributed by atoms with Crippen molar-refractivity contribution in [2.75, 3.05) is 0 Å². The molecule has 0 N–H and O–H groups in total. The van der Waals surface area contributed by atoms with Crippen LogP contribution in [0.4, 0.5) is 0 Å². The molecule has 3 heteroatoms. The van der Waals surface area contributed by atoms with Gasteiger partial charge in [-0.25, -0.2) is 4.98 Å². The predicted molar refractivity (Wildman–Crippen MR) is 46.6 cm³/mol. The zero-order valence-corrected chi connectivity index (χ0v) is 7.85. The predicted octanol–water partition coefficient (Wildman–Crippen LogP) is 3.19. The van der Waals surface area contributed by atoms with Crippen molar-refractivity contribution in [3.05, 3.63) is 29.0 Å². The van der Waals surface area contributed by atoms with E-state index in [0.29, 0.717) is 5.15 Å². The van der Waals surface area contributed by atoms with Crippen LogP contribution in [0.25, 0.3) is 0 Å². The number of nitrogens with zero attached hydrogens (tertiary/aromatic N) is 1. The second kappa shape index (κ2) is 3.35. The van der Waals surface area contributed by atoms with E-state index in [1.165, 1.54) is 0 Å². The van der Waals surface area contributed by atoms with Crippen molar-refractivity contribution in [2.45, 2.75) is 11.8 Å². The minimum absolute atomic E-state index is 0.272. The molecule has 0 aliphatic rings. The summed E-state index contributed by atoms with van der Waals surface area (Å²) in [4.78, 5) is 4.21. The lowest BCUT2D eigenvalue weighted by Gasteiger charge is -2.02. The van der Waals surface area contributed by atoms with E-state index in [4.69, 9.17) is 11.6 Å². The second-order valence-electron chi connectivity index (χ2n) is 2.00. The van der Waals surface area contributed by atoms with Crippen molar-refractivity contribution in [2.24, 2.45) is 0 Å². The fourth-order valence-corrected chi connectivity index (χ4v) is 1.48. The van der Waals surface area contributed by atoms with Crippen LogP contribution in [0.15, 0.2) is 18.3 Å². The van der Waals surface area contributed by atoms with E-state index in [2.05, 4.69) is 20.9 Å². The smallest absolute Gasteiger partial charge is 0.133 e. The summed E-state index contributed by atoms with van der Waals surface area (Å²) in [7, 11) is 0. The van der Waals surface area contributed by atoms with Crippen molar-refractivity contribution in [1.29, 1.82) is 0 Å². The molecule has 54 valence electrons. The fraction of sp³-hybridized carbons (Fsp3) is 0.286. The van der Waals surface area contributed by atoms with E-state index in [1.807, 2.05) is 19.1 Å². The minimum Gasteiger partial charge on any atom is -0.244 e. The molecule has 1 nitrogen and oxygen atoms in total. The summed E-state index contributed by atoms with van der Waals surface area (Å²) < 4.78 is 0. The van der Waals surface area contributed by atoms with Gasteiger partial charge in [0.25, 0.3) is 0 Å². The van der Waals surface area contributed by atoms with E-state index in [9.17, 15) is 0 Å². The molecule has 0 saturated carbocycles. The van der Waals surface area contributed by atoms with Crippen molar-refractivity contribution in [3.8, 4) is 0 Å². The van der Waals surface area contributed by atoms with Gasteiger partial charge in [0.15, 0.2) is 0 Å². The quantitative estimate of drug-likeness (QED) is 0.523. The topological polar surface area (TPSA) is 12.9 Å². The number of aromatic nitrogens is 1. The molecule has 1 atom stereocenters. The SMILES string of the molecule is C[C@@H](Br)c1cccnc1Cl. The molecular formula is C7H7BrClN. The van der Waals surface area contributed by atoms with Gasteiger partial charge < -0.3 is 0 Å². The van der Waals surface area contributed by atoms with Crippen LogP contribution < -0.4 is 0 Å². The molecule has 0 spiro atoms. The average Bonchev–Trinajstić information content (AvgIpc) is 1.88. The highest BCUT2D eigenvalue weighted by molar-refractivity contribution is 9.09. The maximum atomic E-state index is 5.78. The molecule has 0 aromatic carbocycles. The Morgan fingerprint density at radius 2 is 2.40 bits per heavy atom. The molecule has 0 amide bonds. The van der Waals surface area contributed by atoms with Gasteiger partial charge in [0, 0.05) is 16.6 Å². The molecule has 1 aromatic heterocycles. The van der Waals surface area contributed by atoms with Crippen molar-refractivity contribution < 1.29 is 0 Å². The van der Waals surface area contributed by atoms with Crippen LogP contribution in [-0.2, 0) is 0 Å². The minimum atomic E-state index is 0.272. The molecule has 0 saturated heterocycles. The first-order valence-corrected chi connectivity index (χ1v) is 4.25. The molecule has 1 aromatic rings. The summed E-state index contributed by atoms with van der Waals surface area (Å²) in [6, 6.07) is 3.83. The normalized spacial score (nSPS) is 13.1. The molecule has 0 bridgehead atoms. The number of hydrogen-bond acceptors (Lipinski definition) is 1.